The zero-order valence-electron chi connectivity index (χ0n) is 18.0. The summed E-state index contributed by atoms with van der Waals surface area (Å²) in [6.07, 6.45) is 5.22. The molecule has 1 fully saturated rings. The van der Waals surface area contributed by atoms with Gasteiger partial charge in [-0.05, 0) is 37.1 Å². The summed E-state index contributed by atoms with van der Waals surface area (Å²) in [6, 6.07) is 13.2. The highest BCUT2D eigenvalue weighted by Crippen LogP contribution is 2.35. The van der Waals surface area contributed by atoms with Crippen LogP contribution in [0.4, 0.5) is 8.78 Å². The number of ether oxygens (including phenoxy) is 1. The third-order valence-electron chi connectivity index (χ3n) is 5.72. The standard InChI is InChI=1S/C25H22F2N4O2/c1-16-2-4-17(5-3-16)7-9-30-23(32)15-33-25(30)22-14-31(21-11-19(26)10-20(27)12-21)29-24(22)18-6-8-28-13-18/h2-6,8,10-14,25,28H,7,9,15H2,1H3. The highest BCUT2D eigenvalue weighted by Gasteiger charge is 2.36. The van der Waals surface area contributed by atoms with Gasteiger partial charge >= 0.3 is 0 Å². The van der Waals surface area contributed by atoms with E-state index in [1.807, 2.05) is 37.3 Å². The maximum Gasteiger partial charge on any atom is 0.250 e. The average Bonchev–Trinajstić information content (AvgIpc) is 3.52. The van der Waals surface area contributed by atoms with Gasteiger partial charge in [0.2, 0.25) is 0 Å². The lowest BCUT2D eigenvalue weighted by molar-refractivity contribution is -0.128. The topological polar surface area (TPSA) is 63.1 Å². The molecule has 1 unspecified atom stereocenters. The number of hydrogen-bond acceptors (Lipinski definition) is 3. The van der Waals surface area contributed by atoms with Gasteiger partial charge in [0.25, 0.3) is 5.91 Å². The molecular weight excluding hydrogens is 426 g/mol. The van der Waals surface area contributed by atoms with Gasteiger partial charge in [-0.2, -0.15) is 5.10 Å². The van der Waals surface area contributed by atoms with E-state index in [1.54, 1.807) is 23.5 Å². The van der Waals surface area contributed by atoms with Crippen LogP contribution in [-0.4, -0.2) is 38.7 Å². The summed E-state index contributed by atoms with van der Waals surface area (Å²) in [6.45, 7) is 2.46. The first-order valence-corrected chi connectivity index (χ1v) is 10.6. The van der Waals surface area contributed by atoms with E-state index in [0.717, 1.165) is 17.2 Å². The van der Waals surface area contributed by atoms with Gasteiger partial charge in [0.1, 0.15) is 23.9 Å². The molecule has 1 N–H and O–H groups in total. The zero-order chi connectivity index (χ0) is 22.9. The minimum atomic E-state index is -0.697. The lowest BCUT2D eigenvalue weighted by Gasteiger charge is -2.23. The minimum Gasteiger partial charge on any atom is -0.367 e. The number of aromatic nitrogens is 3. The molecule has 0 aliphatic carbocycles. The molecule has 0 saturated carbocycles. The fourth-order valence-electron chi connectivity index (χ4n) is 4.03. The quantitative estimate of drug-likeness (QED) is 0.471. The number of carbonyl (C=O) groups is 1. The van der Waals surface area contributed by atoms with E-state index in [-0.39, 0.29) is 18.2 Å². The Morgan fingerprint density at radius 2 is 1.88 bits per heavy atom. The van der Waals surface area contributed by atoms with Gasteiger partial charge in [-0.1, -0.05) is 29.8 Å². The SMILES string of the molecule is Cc1ccc(CCN2C(=O)COC2c2cn(-c3cc(F)cc(F)c3)nc2-c2cc[nH]c2)cc1. The number of aryl methyl sites for hydroxylation is 1. The van der Waals surface area contributed by atoms with Gasteiger partial charge in [0, 0.05) is 42.3 Å². The second-order valence-electron chi connectivity index (χ2n) is 8.09. The summed E-state index contributed by atoms with van der Waals surface area (Å²) in [5.74, 6) is -1.51. The van der Waals surface area contributed by atoms with Crippen LogP contribution in [0, 0.1) is 18.6 Å². The highest BCUT2D eigenvalue weighted by molar-refractivity contribution is 5.80. The van der Waals surface area contributed by atoms with Gasteiger partial charge in [0.05, 0.1) is 5.69 Å². The van der Waals surface area contributed by atoms with Crippen molar-refractivity contribution in [2.45, 2.75) is 19.6 Å². The van der Waals surface area contributed by atoms with Crippen molar-refractivity contribution < 1.29 is 18.3 Å². The van der Waals surface area contributed by atoms with Crippen LogP contribution in [0.25, 0.3) is 16.9 Å². The van der Waals surface area contributed by atoms with Crippen molar-refractivity contribution in [2.75, 3.05) is 13.2 Å². The molecule has 168 valence electrons. The first kappa shape index (κ1) is 21.1. The Kier molecular flexibility index (Phi) is 5.51. The van der Waals surface area contributed by atoms with Crippen LogP contribution in [-0.2, 0) is 16.0 Å². The molecule has 5 rings (SSSR count). The lowest BCUT2D eigenvalue weighted by Crippen LogP contribution is -2.30. The third kappa shape index (κ3) is 4.29. The number of benzene rings is 2. The molecule has 0 bridgehead atoms. The molecule has 1 atom stereocenters. The monoisotopic (exact) mass is 448 g/mol. The van der Waals surface area contributed by atoms with Crippen LogP contribution >= 0.6 is 0 Å². The number of carbonyl (C=O) groups excluding carboxylic acids is 1. The van der Waals surface area contributed by atoms with Crippen LogP contribution in [0.15, 0.2) is 67.1 Å². The molecule has 1 amide bonds. The summed E-state index contributed by atoms with van der Waals surface area (Å²) >= 11 is 0. The van der Waals surface area contributed by atoms with Crippen molar-refractivity contribution in [3.05, 3.63) is 95.4 Å². The summed E-state index contributed by atoms with van der Waals surface area (Å²) in [5, 5.41) is 4.58. The summed E-state index contributed by atoms with van der Waals surface area (Å²) in [4.78, 5) is 17.3. The van der Waals surface area contributed by atoms with Gasteiger partial charge in [-0.15, -0.1) is 0 Å². The predicted molar refractivity (Wildman–Crippen MR) is 119 cm³/mol. The Labute approximate surface area is 189 Å². The Hall–Kier alpha value is -3.78. The molecule has 3 heterocycles. The Morgan fingerprint density at radius 1 is 1.12 bits per heavy atom. The highest BCUT2D eigenvalue weighted by atomic mass is 19.1. The second kappa shape index (κ2) is 8.63. The normalized spacial score (nSPS) is 16.0. The van der Waals surface area contributed by atoms with Crippen molar-refractivity contribution in [1.82, 2.24) is 19.7 Å². The molecule has 8 heteroatoms. The number of hydrogen-bond donors (Lipinski definition) is 1. The van der Waals surface area contributed by atoms with Gasteiger partial charge in [-0.3, -0.25) is 4.79 Å². The van der Waals surface area contributed by atoms with Crippen LogP contribution in [0.5, 0.6) is 0 Å². The fraction of sp³-hybridized carbons (Fsp3) is 0.200. The smallest absolute Gasteiger partial charge is 0.250 e. The van der Waals surface area contributed by atoms with Gasteiger partial charge in [0.15, 0.2) is 6.23 Å². The van der Waals surface area contributed by atoms with Crippen molar-refractivity contribution in [1.29, 1.82) is 0 Å². The fourth-order valence-corrected chi connectivity index (χ4v) is 4.03. The largest absolute Gasteiger partial charge is 0.367 e. The molecule has 1 saturated heterocycles. The first-order chi connectivity index (χ1) is 16.0. The van der Waals surface area contributed by atoms with Crippen molar-refractivity contribution in [2.24, 2.45) is 0 Å². The van der Waals surface area contributed by atoms with E-state index < -0.39 is 17.9 Å². The number of aromatic amines is 1. The van der Waals surface area contributed by atoms with E-state index in [1.165, 1.54) is 22.4 Å². The Bertz CT molecular complexity index is 1260. The zero-order valence-corrected chi connectivity index (χ0v) is 18.0. The molecule has 6 nitrogen and oxygen atoms in total. The lowest BCUT2D eigenvalue weighted by atomic mass is 10.1. The number of nitrogens with one attached hydrogen (secondary N) is 1. The maximum atomic E-state index is 13.8. The molecule has 0 spiro atoms. The van der Waals surface area contributed by atoms with Crippen molar-refractivity contribution in [3.8, 4) is 16.9 Å². The van der Waals surface area contributed by atoms with Gasteiger partial charge in [-0.25, -0.2) is 13.5 Å². The van der Waals surface area contributed by atoms with E-state index in [2.05, 4.69) is 10.1 Å². The second-order valence-corrected chi connectivity index (χ2v) is 8.09. The summed E-state index contributed by atoms with van der Waals surface area (Å²) < 4.78 is 34.9. The molecule has 1 aliphatic rings. The van der Waals surface area contributed by atoms with Crippen LogP contribution in [0.3, 0.4) is 0 Å². The number of amides is 1. The molecule has 4 aromatic rings. The van der Waals surface area contributed by atoms with Crippen molar-refractivity contribution >= 4 is 5.91 Å². The first-order valence-electron chi connectivity index (χ1n) is 10.6. The van der Waals surface area contributed by atoms with Gasteiger partial charge < -0.3 is 14.6 Å². The van der Waals surface area contributed by atoms with Crippen LogP contribution < -0.4 is 0 Å². The number of H-pyrrole nitrogens is 1. The van der Waals surface area contributed by atoms with E-state index in [0.29, 0.717) is 24.2 Å². The molecular formula is C25H22F2N4O2. The average molecular weight is 448 g/mol. The molecule has 2 aromatic carbocycles. The maximum absolute atomic E-state index is 13.8. The van der Waals surface area contributed by atoms with E-state index in [9.17, 15) is 13.6 Å². The summed E-state index contributed by atoms with van der Waals surface area (Å²) in [7, 11) is 0. The number of nitrogens with zero attached hydrogens (tertiary/aromatic N) is 3. The molecule has 33 heavy (non-hydrogen) atoms. The minimum absolute atomic E-state index is 0.0368. The predicted octanol–water partition coefficient (Wildman–Crippen LogP) is 4.55. The molecule has 1 aliphatic heterocycles. The summed E-state index contributed by atoms with van der Waals surface area (Å²) in [5.41, 5.74) is 4.54. The Balaban J connectivity index is 1.50. The Morgan fingerprint density at radius 3 is 2.58 bits per heavy atom. The van der Waals surface area contributed by atoms with Crippen LogP contribution in [0.1, 0.15) is 22.9 Å². The van der Waals surface area contributed by atoms with E-state index in [4.69, 9.17) is 4.74 Å². The number of halogens is 2. The molecule has 2 aromatic heterocycles. The third-order valence-corrected chi connectivity index (χ3v) is 5.72. The van der Waals surface area contributed by atoms with Crippen molar-refractivity contribution in [3.63, 3.8) is 0 Å². The molecule has 0 radical (unpaired) electrons. The van der Waals surface area contributed by atoms with Crippen LogP contribution in [0.2, 0.25) is 0 Å². The number of rotatable bonds is 6. The van der Waals surface area contributed by atoms with E-state index >= 15 is 0 Å².